The van der Waals surface area contributed by atoms with Gasteiger partial charge in [0.25, 0.3) is 0 Å². The minimum atomic E-state index is -3.51. The lowest BCUT2D eigenvalue weighted by molar-refractivity contribution is 0.0472. The molecule has 128 valence electrons. The highest BCUT2D eigenvalue weighted by atomic mass is 35.5. The molecule has 24 heavy (non-hydrogen) atoms. The van der Waals surface area contributed by atoms with E-state index in [0.29, 0.717) is 5.92 Å². The van der Waals surface area contributed by atoms with E-state index in [2.05, 4.69) is 13.8 Å². The van der Waals surface area contributed by atoms with E-state index in [1.54, 1.807) is 0 Å². The van der Waals surface area contributed by atoms with Crippen molar-refractivity contribution >= 4 is 27.4 Å². The summed E-state index contributed by atoms with van der Waals surface area (Å²) in [5.41, 5.74) is 2.23. The summed E-state index contributed by atoms with van der Waals surface area (Å²) in [6, 6.07) is 11.9. The lowest BCUT2D eigenvalue weighted by Gasteiger charge is -2.09. The molecule has 0 radical (unpaired) electrons. The number of sulfone groups is 1. The van der Waals surface area contributed by atoms with E-state index >= 15 is 0 Å². The zero-order valence-electron chi connectivity index (χ0n) is 13.7. The maximum absolute atomic E-state index is 12.1. The highest BCUT2D eigenvalue weighted by Crippen LogP contribution is 2.23. The van der Waals surface area contributed by atoms with Crippen molar-refractivity contribution in [2.24, 2.45) is 0 Å². The lowest BCUT2D eigenvalue weighted by atomic mass is 10.0. The van der Waals surface area contributed by atoms with Gasteiger partial charge in [0.1, 0.15) is 6.61 Å². The number of hydrogen-bond acceptors (Lipinski definition) is 4. The zero-order chi connectivity index (χ0) is 17.9. The second-order valence-corrected chi connectivity index (χ2v) is 8.28. The molecule has 0 N–H and O–H groups in total. The fourth-order valence-corrected chi connectivity index (χ4v) is 3.45. The first-order valence-corrected chi connectivity index (χ1v) is 9.71. The Hall–Kier alpha value is -1.85. The molecular weight excluding hydrogens is 348 g/mol. The Morgan fingerprint density at radius 1 is 1.12 bits per heavy atom. The van der Waals surface area contributed by atoms with Crippen LogP contribution in [0.4, 0.5) is 0 Å². The Balaban J connectivity index is 2.10. The Labute approximate surface area is 147 Å². The number of carbonyl (C=O) groups excluding carboxylic acids is 1. The van der Waals surface area contributed by atoms with Crippen molar-refractivity contribution in [1.82, 2.24) is 0 Å². The predicted molar refractivity (Wildman–Crippen MR) is 94.2 cm³/mol. The Kier molecular flexibility index (Phi) is 5.67. The summed E-state index contributed by atoms with van der Waals surface area (Å²) in [7, 11) is -3.51. The summed E-state index contributed by atoms with van der Waals surface area (Å²) in [6.07, 6.45) is 1.04. The number of esters is 1. The third kappa shape index (κ3) is 4.58. The second-order valence-electron chi connectivity index (χ2n) is 5.89. The standard InChI is InChI=1S/C18H19ClO4S/c1-12(2)14-6-4-13(5-7-14)11-23-18(20)15-8-9-16(19)17(10-15)24(3,21)22/h4-10,12H,11H2,1-3H3. The number of carbonyl (C=O) groups is 1. The van der Waals surface area contributed by atoms with E-state index in [-0.39, 0.29) is 22.1 Å². The molecule has 0 fully saturated rings. The third-order valence-electron chi connectivity index (χ3n) is 3.58. The van der Waals surface area contributed by atoms with E-state index < -0.39 is 15.8 Å². The highest BCUT2D eigenvalue weighted by molar-refractivity contribution is 7.90. The van der Waals surface area contributed by atoms with Crippen molar-refractivity contribution in [2.75, 3.05) is 6.26 Å². The molecule has 0 aliphatic heterocycles. The summed E-state index contributed by atoms with van der Waals surface area (Å²) >= 11 is 5.87. The molecule has 0 aliphatic carbocycles. The molecule has 2 rings (SSSR count). The molecule has 0 unspecified atom stereocenters. The number of rotatable bonds is 5. The average Bonchev–Trinajstić information content (AvgIpc) is 2.52. The fraction of sp³-hybridized carbons (Fsp3) is 0.278. The van der Waals surface area contributed by atoms with Gasteiger partial charge >= 0.3 is 5.97 Å². The fourth-order valence-electron chi connectivity index (χ4n) is 2.15. The first-order valence-electron chi connectivity index (χ1n) is 7.44. The van der Waals surface area contributed by atoms with E-state index in [0.717, 1.165) is 11.8 Å². The summed E-state index contributed by atoms with van der Waals surface area (Å²) in [5.74, 6) is -0.158. The van der Waals surface area contributed by atoms with Gasteiger partial charge < -0.3 is 4.74 Å². The molecule has 0 spiro atoms. The first kappa shape index (κ1) is 18.5. The van der Waals surface area contributed by atoms with Gasteiger partial charge in [0, 0.05) is 6.26 Å². The first-order chi connectivity index (χ1) is 11.2. The number of hydrogen-bond donors (Lipinski definition) is 0. The van der Waals surface area contributed by atoms with Gasteiger partial charge in [-0.3, -0.25) is 0 Å². The Morgan fingerprint density at radius 2 is 1.75 bits per heavy atom. The van der Waals surface area contributed by atoms with E-state index in [1.807, 2.05) is 24.3 Å². The summed E-state index contributed by atoms with van der Waals surface area (Å²) in [6.45, 7) is 4.33. The number of benzene rings is 2. The van der Waals surface area contributed by atoms with Crippen LogP contribution < -0.4 is 0 Å². The van der Waals surface area contributed by atoms with E-state index in [4.69, 9.17) is 16.3 Å². The Bertz CT molecular complexity index is 840. The van der Waals surface area contributed by atoms with Gasteiger partial charge in [-0.1, -0.05) is 49.7 Å². The van der Waals surface area contributed by atoms with Crippen LogP contribution >= 0.6 is 11.6 Å². The van der Waals surface area contributed by atoms with Gasteiger partial charge in [0.05, 0.1) is 15.5 Å². The molecule has 0 aliphatic rings. The Morgan fingerprint density at radius 3 is 2.29 bits per heavy atom. The molecule has 0 amide bonds. The van der Waals surface area contributed by atoms with Crippen LogP contribution in [0.1, 0.15) is 41.3 Å². The lowest BCUT2D eigenvalue weighted by Crippen LogP contribution is -2.07. The van der Waals surface area contributed by atoms with Gasteiger partial charge in [-0.15, -0.1) is 0 Å². The maximum Gasteiger partial charge on any atom is 0.338 e. The van der Waals surface area contributed by atoms with Crippen LogP contribution in [-0.2, 0) is 21.2 Å². The third-order valence-corrected chi connectivity index (χ3v) is 5.16. The molecular formula is C18H19ClO4S. The average molecular weight is 367 g/mol. The topological polar surface area (TPSA) is 60.4 Å². The van der Waals surface area contributed by atoms with Crippen LogP contribution in [0.3, 0.4) is 0 Å². The van der Waals surface area contributed by atoms with E-state index in [9.17, 15) is 13.2 Å². The minimum absolute atomic E-state index is 0.0818. The van der Waals surface area contributed by atoms with Crippen LogP contribution in [-0.4, -0.2) is 20.6 Å². The van der Waals surface area contributed by atoms with Crippen molar-refractivity contribution in [3.63, 3.8) is 0 Å². The normalized spacial score (nSPS) is 11.5. The van der Waals surface area contributed by atoms with Crippen LogP contribution in [0.25, 0.3) is 0 Å². The van der Waals surface area contributed by atoms with Crippen molar-refractivity contribution in [2.45, 2.75) is 31.3 Å². The van der Waals surface area contributed by atoms with Gasteiger partial charge in [0.15, 0.2) is 9.84 Å². The SMILES string of the molecule is CC(C)c1ccc(COC(=O)c2ccc(Cl)c(S(C)(=O)=O)c2)cc1. The molecule has 6 heteroatoms. The monoisotopic (exact) mass is 366 g/mol. The van der Waals surface area contributed by atoms with Gasteiger partial charge in [-0.25, -0.2) is 13.2 Å². The zero-order valence-corrected chi connectivity index (χ0v) is 15.3. The van der Waals surface area contributed by atoms with Crippen molar-refractivity contribution in [3.05, 3.63) is 64.2 Å². The molecule has 0 bridgehead atoms. The largest absolute Gasteiger partial charge is 0.457 e. The van der Waals surface area contributed by atoms with Crippen LogP contribution in [0.5, 0.6) is 0 Å². The van der Waals surface area contributed by atoms with Crippen LogP contribution in [0, 0.1) is 0 Å². The summed E-state index contributed by atoms with van der Waals surface area (Å²) in [5, 5.41) is 0.0818. The highest BCUT2D eigenvalue weighted by Gasteiger charge is 2.16. The van der Waals surface area contributed by atoms with Gasteiger partial charge in [0.2, 0.25) is 0 Å². The van der Waals surface area contributed by atoms with Gasteiger partial charge in [-0.05, 0) is 35.2 Å². The molecule has 2 aromatic carbocycles. The molecule has 0 aromatic heterocycles. The number of ether oxygens (including phenoxy) is 1. The van der Waals surface area contributed by atoms with Crippen LogP contribution in [0.15, 0.2) is 47.4 Å². The molecule has 0 saturated carbocycles. The van der Waals surface area contributed by atoms with Crippen molar-refractivity contribution < 1.29 is 17.9 Å². The van der Waals surface area contributed by atoms with Crippen LogP contribution in [0.2, 0.25) is 5.02 Å². The molecule has 4 nitrogen and oxygen atoms in total. The quantitative estimate of drug-likeness (QED) is 0.743. The van der Waals surface area contributed by atoms with Crippen molar-refractivity contribution in [3.8, 4) is 0 Å². The predicted octanol–water partition coefficient (Wildman–Crippen LogP) is 4.22. The minimum Gasteiger partial charge on any atom is -0.457 e. The molecule has 2 aromatic rings. The summed E-state index contributed by atoms with van der Waals surface area (Å²) < 4.78 is 28.6. The molecule has 0 saturated heterocycles. The van der Waals surface area contributed by atoms with Crippen molar-refractivity contribution in [1.29, 1.82) is 0 Å². The second kappa shape index (κ2) is 7.36. The van der Waals surface area contributed by atoms with E-state index in [1.165, 1.54) is 23.8 Å². The maximum atomic E-state index is 12.1. The smallest absolute Gasteiger partial charge is 0.338 e. The summed E-state index contributed by atoms with van der Waals surface area (Å²) in [4.78, 5) is 12.0. The van der Waals surface area contributed by atoms with Gasteiger partial charge in [-0.2, -0.15) is 0 Å². The number of halogens is 1. The molecule has 0 heterocycles. The molecule has 0 atom stereocenters.